The molecule has 148 valence electrons. The van der Waals surface area contributed by atoms with E-state index in [0.29, 0.717) is 17.0 Å². The zero-order chi connectivity index (χ0) is 20.7. The topological polar surface area (TPSA) is 100 Å². The number of hydrogen-bond acceptors (Lipinski definition) is 7. The smallest absolute Gasteiger partial charge is 0.342 e. The van der Waals surface area contributed by atoms with Crippen LogP contribution < -0.4 is 19.5 Å². The van der Waals surface area contributed by atoms with Crippen LogP contribution in [-0.2, 0) is 9.53 Å². The van der Waals surface area contributed by atoms with Gasteiger partial charge in [0.15, 0.2) is 23.9 Å². The molecule has 0 atom stereocenters. The van der Waals surface area contributed by atoms with Crippen LogP contribution >= 0.6 is 0 Å². The molecule has 0 aliphatic heterocycles. The second-order valence-electron chi connectivity index (χ2n) is 5.64. The summed E-state index contributed by atoms with van der Waals surface area (Å²) in [5, 5.41) is 2.60. The summed E-state index contributed by atoms with van der Waals surface area (Å²) in [5.74, 6) is -0.537. The predicted octanol–water partition coefficient (Wildman–Crippen LogP) is 2.71. The quantitative estimate of drug-likeness (QED) is 0.549. The molecule has 0 bridgehead atoms. The van der Waals surface area contributed by atoms with Gasteiger partial charge in [-0.1, -0.05) is 0 Å². The fourth-order valence-electron chi connectivity index (χ4n) is 2.50. The minimum atomic E-state index is -0.735. The maximum absolute atomic E-state index is 12.4. The van der Waals surface area contributed by atoms with Crippen molar-refractivity contribution < 1.29 is 33.3 Å². The van der Waals surface area contributed by atoms with Gasteiger partial charge in [0.25, 0.3) is 0 Å². The molecule has 0 unspecified atom stereocenters. The number of ether oxygens (including phenoxy) is 4. The number of carbonyl (C=O) groups excluding carboxylic acids is 3. The molecule has 0 saturated carbocycles. The summed E-state index contributed by atoms with van der Waals surface area (Å²) >= 11 is 0. The van der Waals surface area contributed by atoms with Crippen molar-refractivity contribution in [2.45, 2.75) is 6.92 Å². The molecule has 2 rings (SSSR count). The zero-order valence-corrected chi connectivity index (χ0v) is 16.0. The first kappa shape index (κ1) is 20.8. The molecular weight excluding hydrogens is 366 g/mol. The van der Waals surface area contributed by atoms with Gasteiger partial charge in [0.05, 0.1) is 21.3 Å². The van der Waals surface area contributed by atoms with Gasteiger partial charge in [0.2, 0.25) is 11.7 Å². The van der Waals surface area contributed by atoms with Crippen molar-refractivity contribution in [3.63, 3.8) is 0 Å². The number of hydrogen-bond donors (Lipinski definition) is 1. The number of benzene rings is 2. The summed E-state index contributed by atoms with van der Waals surface area (Å²) in [4.78, 5) is 35.7. The Kier molecular flexibility index (Phi) is 6.97. The van der Waals surface area contributed by atoms with Crippen molar-refractivity contribution >= 4 is 23.3 Å². The molecule has 0 spiro atoms. The summed E-state index contributed by atoms with van der Waals surface area (Å²) in [6.07, 6.45) is 0. The van der Waals surface area contributed by atoms with Crippen molar-refractivity contribution in [2.24, 2.45) is 0 Å². The van der Waals surface area contributed by atoms with Crippen molar-refractivity contribution in [3.05, 3.63) is 47.5 Å². The van der Waals surface area contributed by atoms with E-state index in [2.05, 4.69) is 5.32 Å². The first-order valence-electron chi connectivity index (χ1n) is 8.28. The Morgan fingerprint density at radius 1 is 0.857 bits per heavy atom. The van der Waals surface area contributed by atoms with Crippen LogP contribution in [0.2, 0.25) is 0 Å². The van der Waals surface area contributed by atoms with Gasteiger partial charge in [-0.2, -0.15) is 0 Å². The second kappa shape index (κ2) is 9.40. The number of nitrogens with one attached hydrogen (secondary N) is 1. The van der Waals surface area contributed by atoms with E-state index in [1.807, 2.05) is 0 Å². The molecule has 8 nitrogen and oxygen atoms in total. The summed E-state index contributed by atoms with van der Waals surface area (Å²) in [5.41, 5.74) is 1.02. The van der Waals surface area contributed by atoms with Crippen LogP contribution in [0.25, 0.3) is 0 Å². The van der Waals surface area contributed by atoms with Crippen molar-refractivity contribution in [1.29, 1.82) is 0 Å². The standard InChI is InChI=1S/C20H21NO7/c1-12(22)21-14-7-5-13(6-8-14)16(23)11-28-20(24)15-9-10-17(25-2)19(27-4)18(15)26-3/h5-10H,11H2,1-4H3,(H,21,22). The summed E-state index contributed by atoms with van der Waals surface area (Å²) in [7, 11) is 4.27. The van der Waals surface area contributed by atoms with E-state index in [0.717, 1.165) is 0 Å². The molecule has 0 aliphatic carbocycles. The zero-order valence-electron chi connectivity index (χ0n) is 16.0. The van der Waals surface area contributed by atoms with Crippen molar-refractivity contribution in [3.8, 4) is 17.2 Å². The number of rotatable bonds is 8. The van der Waals surface area contributed by atoms with E-state index < -0.39 is 12.6 Å². The number of amides is 1. The van der Waals surface area contributed by atoms with Crippen molar-refractivity contribution in [1.82, 2.24) is 0 Å². The van der Waals surface area contributed by atoms with Crippen LogP contribution in [0.4, 0.5) is 5.69 Å². The number of anilines is 1. The number of methoxy groups -OCH3 is 3. The molecule has 0 aromatic heterocycles. The average molecular weight is 387 g/mol. The lowest BCUT2D eigenvalue weighted by Gasteiger charge is -2.15. The van der Waals surface area contributed by atoms with Gasteiger partial charge in [0.1, 0.15) is 5.56 Å². The first-order valence-corrected chi connectivity index (χ1v) is 8.28. The predicted molar refractivity (Wildman–Crippen MR) is 101 cm³/mol. The third-order valence-corrected chi connectivity index (χ3v) is 3.79. The largest absolute Gasteiger partial charge is 0.493 e. The minimum absolute atomic E-state index is 0.106. The van der Waals surface area contributed by atoms with Crippen LogP contribution in [0.1, 0.15) is 27.6 Å². The SMILES string of the molecule is COc1ccc(C(=O)OCC(=O)c2ccc(NC(C)=O)cc2)c(OC)c1OC. The Balaban J connectivity index is 2.09. The number of Topliss-reactive ketones (excluding diaryl/α,β-unsaturated/α-hetero) is 1. The van der Waals surface area contributed by atoms with E-state index in [1.54, 1.807) is 30.3 Å². The maximum atomic E-state index is 12.4. The van der Waals surface area contributed by atoms with Gasteiger partial charge in [0, 0.05) is 18.2 Å². The Morgan fingerprint density at radius 3 is 2.04 bits per heavy atom. The molecule has 1 N–H and O–H groups in total. The van der Waals surface area contributed by atoms with Crippen LogP contribution in [0.5, 0.6) is 17.2 Å². The van der Waals surface area contributed by atoms with E-state index in [4.69, 9.17) is 18.9 Å². The van der Waals surface area contributed by atoms with Gasteiger partial charge in [-0.25, -0.2) is 4.79 Å². The number of esters is 1. The highest BCUT2D eigenvalue weighted by Crippen LogP contribution is 2.39. The molecule has 2 aromatic rings. The highest BCUT2D eigenvalue weighted by atomic mass is 16.5. The highest BCUT2D eigenvalue weighted by Gasteiger charge is 2.22. The fourth-order valence-corrected chi connectivity index (χ4v) is 2.50. The molecule has 0 saturated heterocycles. The Labute approximate surface area is 162 Å². The molecular formula is C20H21NO7. The molecule has 28 heavy (non-hydrogen) atoms. The summed E-state index contributed by atoms with van der Waals surface area (Å²) < 4.78 is 20.8. The van der Waals surface area contributed by atoms with E-state index in [-0.39, 0.29) is 28.8 Å². The maximum Gasteiger partial charge on any atom is 0.342 e. The molecule has 0 radical (unpaired) electrons. The Bertz CT molecular complexity index is 875. The first-order chi connectivity index (χ1) is 13.4. The van der Waals surface area contributed by atoms with Gasteiger partial charge < -0.3 is 24.3 Å². The van der Waals surface area contributed by atoms with Crippen LogP contribution in [0, 0.1) is 0 Å². The molecule has 8 heteroatoms. The van der Waals surface area contributed by atoms with Gasteiger partial charge in [-0.05, 0) is 36.4 Å². The molecule has 1 amide bonds. The highest BCUT2D eigenvalue weighted by molar-refractivity contribution is 6.00. The van der Waals surface area contributed by atoms with Crippen molar-refractivity contribution in [2.75, 3.05) is 33.3 Å². The van der Waals surface area contributed by atoms with Crippen LogP contribution in [-0.4, -0.2) is 45.6 Å². The number of carbonyl (C=O) groups is 3. The van der Waals surface area contributed by atoms with E-state index in [1.165, 1.54) is 34.3 Å². The lowest BCUT2D eigenvalue weighted by atomic mass is 10.1. The van der Waals surface area contributed by atoms with Gasteiger partial charge in [-0.15, -0.1) is 0 Å². The number of ketones is 1. The summed E-state index contributed by atoms with van der Waals surface area (Å²) in [6.45, 7) is 0.941. The van der Waals surface area contributed by atoms with E-state index in [9.17, 15) is 14.4 Å². The lowest BCUT2D eigenvalue weighted by Crippen LogP contribution is -2.15. The molecule has 2 aromatic carbocycles. The summed E-state index contributed by atoms with van der Waals surface area (Å²) in [6, 6.07) is 9.27. The normalized spacial score (nSPS) is 10.0. The van der Waals surface area contributed by atoms with Crippen LogP contribution in [0.15, 0.2) is 36.4 Å². The Morgan fingerprint density at radius 2 is 1.50 bits per heavy atom. The van der Waals surface area contributed by atoms with Crippen LogP contribution in [0.3, 0.4) is 0 Å². The second-order valence-corrected chi connectivity index (χ2v) is 5.64. The van der Waals surface area contributed by atoms with Gasteiger partial charge in [-0.3, -0.25) is 9.59 Å². The molecule has 0 aliphatic rings. The Hall–Kier alpha value is -3.55. The third kappa shape index (κ3) is 4.79. The van der Waals surface area contributed by atoms with Gasteiger partial charge >= 0.3 is 5.97 Å². The van der Waals surface area contributed by atoms with E-state index >= 15 is 0 Å². The fraction of sp³-hybridized carbons (Fsp3) is 0.250. The molecule has 0 heterocycles. The molecule has 0 fully saturated rings. The third-order valence-electron chi connectivity index (χ3n) is 3.79. The monoisotopic (exact) mass is 387 g/mol. The average Bonchev–Trinajstić information content (AvgIpc) is 2.70. The lowest BCUT2D eigenvalue weighted by molar-refractivity contribution is -0.114. The minimum Gasteiger partial charge on any atom is -0.493 e.